The highest BCUT2D eigenvalue weighted by molar-refractivity contribution is 6.08. The predicted octanol–water partition coefficient (Wildman–Crippen LogP) is 4.26. The van der Waals surface area contributed by atoms with Gasteiger partial charge in [0.05, 0.1) is 5.71 Å². The zero-order valence-corrected chi connectivity index (χ0v) is 10.6. The van der Waals surface area contributed by atoms with Gasteiger partial charge in [-0.05, 0) is 55.5 Å². The quantitative estimate of drug-likeness (QED) is 0.757. The second-order valence-corrected chi connectivity index (χ2v) is 4.84. The molecule has 2 aliphatic rings. The van der Waals surface area contributed by atoms with Crippen LogP contribution in [0.25, 0.3) is 6.08 Å². The topological polar surface area (TPSA) is 25.5 Å². The van der Waals surface area contributed by atoms with Crippen LogP contribution in [-0.4, -0.2) is 5.71 Å². The van der Waals surface area contributed by atoms with Crippen LogP contribution in [-0.2, 0) is 6.42 Å². The normalized spacial score (nSPS) is 22.2. The van der Waals surface area contributed by atoms with Gasteiger partial charge in [0.2, 0.25) is 0 Å². The third-order valence-corrected chi connectivity index (χ3v) is 3.58. The average Bonchev–Trinajstić information content (AvgIpc) is 2.83. The first-order valence-corrected chi connectivity index (χ1v) is 6.44. The van der Waals surface area contributed by atoms with Gasteiger partial charge in [-0.1, -0.05) is 18.7 Å². The van der Waals surface area contributed by atoms with Crippen LogP contribution in [0.3, 0.4) is 0 Å². The lowest BCUT2D eigenvalue weighted by Crippen LogP contribution is -2.06. The number of dihydropyridines is 1. The lowest BCUT2D eigenvalue weighted by Gasteiger charge is -2.15. The molecule has 2 nitrogen and oxygen atoms in total. The van der Waals surface area contributed by atoms with Crippen LogP contribution in [0.5, 0.6) is 0 Å². The van der Waals surface area contributed by atoms with Crippen LogP contribution >= 0.6 is 0 Å². The molecule has 2 heteroatoms. The molecule has 0 bridgehead atoms. The highest BCUT2D eigenvalue weighted by atomic mass is 16.3. The van der Waals surface area contributed by atoms with E-state index in [-0.39, 0.29) is 6.04 Å². The molecule has 1 aliphatic heterocycles. The molecular weight excluding hydrogens is 222 g/mol. The Bertz CT molecular complexity index is 572. The number of hydrogen-bond donors (Lipinski definition) is 0. The highest BCUT2D eigenvalue weighted by Crippen LogP contribution is 2.32. The summed E-state index contributed by atoms with van der Waals surface area (Å²) in [5.41, 5.74) is 3.50. The average molecular weight is 239 g/mol. The number of aliphatic imine (C=N–C) groups is 1. The number of aryl methyl sites for hydroxylation is 1. The van der Waals surface area contributed by atoms with Gasteiger partial charge in [0.15, 0.2) is 0 Å². The number of furan rings is 1. The largest absolute Gasteiger partial charge is 0.459 e. The van der Waals surface area contributed by atoms with Gasteiger partial charge >= 0.3 is 0 Å². The zero-order valence-electron chi connectivity index (χ0n) is 10.6. The molecule has 92 valence electrons. The Morgan fingerprint density at radius 3 is 3.17 bits per heavy atom. The standard InChI is InChI=1S/C16H17NO/c1-3-13-11(2)8-9-14(17-13)16-10-12-6-4-5-7-15(12)18-16/h3,5,7-8,10,14H,1,4,6,9H2,2H3. The molecule has 3 rings (SSSR count). The third kappa shape index (κ3) is 1.88. The van der Waals surface area contributed by atoms with Gasteiger partial charge in [-0.15, -0.1) is 0 Å². The van der Waals surface area contributed by atoms with E-state index < -0.39 is 0 Å². The van der Waals surface area contributed by atoms with Crippen molar-refractivity contribution in [1.29, 1.82) is 0 Å². The monoisotopic (exact) mass is 239 g/mol. The maximum atomic E-state index is 5.92. The van der Waals surface area contributed by atoms with Crippen molar-refractivity contribution in [2.24, 2.45) is 4.99 Å². The van der Waals surface area contributed by atoms with E-state index in [1.165, 1.54) is 11.1 Å². The van der Waals surface area contributed by atoms with Crippen LogP contribution in [0.2, 0.25) is 0 Å². The van der Waals surface area contributed by atoms with Gasteiger partial charge in [0, 0.05) is 0 Å². The van der Waals surface area contributed by atoms with Gasteiger partial charge in [-0.2, -0.15) is 0 Å². The molecule has 1 aromatic heterocycles. The first-order valence-electron chi connectivity index (χ1n) is 6.44. The smallest absolute Gasteiger partial charge is 0.130 e. The fraction of sp³-hybridized carbons (Fsp3) is 0.312. The van der Waals surface area contributed by atoms with Crippen molar-refractivity contribution < 1.29 is 4.42 Å². The van der Waals surface area contributed by atoms with E-state index in [4.69, 9.17) is 9.41 Å². The summed E-state index contributed by atoms with van der Waals surface area (Å²) >= 11 is 0. The maximum Gasteiger partial charge on any atom is 0.130 e. The van der Waals surface area contributed by atoms with Crippen molar-refractivity contribution in [2.45, 2.75) is 32.2 Å². The van der Waals surface area contributed by atoms with Crippen molar-refractivity contribution in [3.63, 3.8) is 0 Å². The molecule has 18 heavy (non-hydrogen) atoms. The van der Waals surface area contributed by atoms with Crippen molar-refractivity contribution in [3.8, 4) is 0 Å². The predicted molar refractivity (Wildman–Crippen MR) is 74.8 cm³/mol. The summed E-state index contributed by atoms with van der Waals surface area (Å²) in [6.07, 6.45) is 11.4. The SMILES string of the molecule is C=CC1=NC(c2cc3c(o2)C=CCC3)CC=C1C. The molecule has 0 fully saturated rings. The van der Waals surface area contributed by atoms with Crippen molar-refractivity contribution in [2.75, 3.05) is 0 Å². The fourth-order valence-electron chi connectivity index (χ4n) is 2.50. The zero-order chi connectivity index (χ0) is 12.5. The minimum absolute atomic E-state index is 0.112. The molecule has 0 radical (unpaired) electrons. The van der Waals surface area contributed by atoms with E-state index in [2.05, 4.69) is 37.8 Å². The van der Waals surface area contributed by atoms with E-state index in [9.17, 15) is 0 Å². The Morgan fingerprint density at radius 2 is 2.39 bits per heavy atom. The summed E-state index contributed by atoms with van der Waals surface area (Å²) in [7, 11) is 0. The van der Waals surface area contributed by atoms with Crippen molar-refractivity contribution >= 4 is 11.8 Å². The van der Waals surface area contributed by atoms with Gasteiger partial charge in [-0.3, -0.25) is 4.99 Å². The minimum atomic E-state index is 0.112. The Morgan fingerprint density at radius 1 is 1.50 bits per heavy atom. The fourth-order valence-corrected chi connectivity index (χ4v) is 2.50. The molecule has 1 aromatic rings. The van der Waals surface area contributed by atoms with E-state index in [1.807, 2.05) is 6.08 Å². The van der Waals surface area contributed by atoms with Gasteiger partial charge in [0.1, 0.15) is 17.6 Å². The first kappa shape index (κ1) is 11.3. The molecular formula is C16H17NO. The lowest BCUT2D eigenvalue weighted by atomic mass is 10.0. The van der Waals surface area contributed by atoms with Crippen LogP contribution in [0.15, 0.2) is 45.9 Å². The summed E-state index contributed by atoms with van der Waals surface area (Å²) in [4.78, 5) is 4.71. The first-order chi connectivity index (χ1) is 8.78. The van der Waals surface area contributed by atoms with Crippen molar-refractivity contribution in [1.82, 2.24) is 0 Å². The number of hydrogen-bond acceptors (Lipinski definition) is 2. The molecule has 1 unspecified atom stereocenters. The Balaban J connectivity index is 1.92. The number of allylic oxidation sites excluding steroid dienone is 3. The Labute approximate surface area is 107 Å². The maximum absolute atomic E-state index is 5.92. The second-order valence-electron chi connectivity index (χ2n) is 4.84. The van der Waals surface area contributed by atoms with Gasteiger partial charge < -0.3 is 4.42 Å². The van der Waals surface area contributed by atoms with E-state index in [1.54, 1.807) is 0 Å². The molecule has 1 aliphatic carbocycles. The summed E-state index contributed by atoms with van der Waals surface area (Å²) in [6, 6.07) is 2.28. The molecule has 0 spiro atoms. The molecule has 0 saturated carbocycles. The molecule has 0 aromatic carbocycles. The number of rotatable bonds is 2. The van der Waals surface area contributed by atoms with Crippen LogP contribution < -0.4 is 0 Å². The van der Waals surface area contributed by atoms with Gasteiger partial charge in [-0.25, -0.2) is 0 Å². The molecule has 2 heterocycles. The number of fused-ring (bicyclic) bond motifs is 1. The highest BCUT2D eigenvalue weighted by Gasteiger charge is 2.21. The summed E-state index contributed by atoms with van der Waals surface area (Å²) < 4.78 is 5.92. The summed E-state index contributed by atoms with van der Waals surface area (Å²) in [6.45, 7) is 5.89. The number of nitrogens with zero attached hydrogens (tertiary/aromatic N) is 1. The molecule has 0 saturated heterocycles. The molecule has 0 N–H and O–H groups in total. The van der Waals surface area contributed by atoms with Crippen LogP contribution in [0, 0.1) is 0 Å². The Hall–Kier alpha value is -1.83. The summed E-state index contributed by atoms with van der Waals surface area (Å²) in [5.74, 6) is 1.99. The van der Waals surface area contributed by atoms with Crippen LogP contribution in [0.1, 0.15) is 42.9 Å². The second kappa shape index (κ2) is 4.45. The third-order valence-electron chi connectivity index (χ3n) is 3.58. The van der Waals surface area contributed by atoms with E-state index in [0.29, 0.717) is 0 Å². The van der Waals surface area contributed by atoms with Gasteiger partial charge in [0.25, 0.3) is 0 Å². The molecule has 1 atom stereocenters. The summed E-state index contributed by atoms with van der Waals surface area (Å²) in [5, 5.41) is 0. The molecule has 0 amide bonds. The Kier molecular flexibility index (Phi) is 2.78. The lowest BCUT2D eigenvalue weighted by molar-refractivity contribution is 0.459. The van der Waals surface area contributed by atoms with E-state index in [0.717, 1.165) is 36.5 Å². The minimum Gasteiger partial charge on any atom is -0.459 e. The van der Waals surface area contributed by atoms with E-state index >= 15 is 0 Å². The van der Waals surface area contributed by atoms with Crippen LogP contribution in [0.4, 0.5) is 0 Å². The van der Waals surface area contributed by atoms with Crippen molar-refractivity contribution in [3.05, 3.63) is 53.5 Å².